The van der Waals surface area contributed by atoms with E-state index < -0.39 is 23.8 Å². The molecule has 1 aromatic carbocycles. The van der Waals surface area contributed by atoms with Gasteiger partial charge in [-0.15, -0.1) is 11.3 Å². The molecule has 42 heavy (non-hydrogen) atoms. The molecule has 0 unspecified atom stereocenters. The van der Waals surface area contributed by atoms with E-state index in [0.717, 1.165) is 24.0 Å². The van der Waals surface area contributed by atoms with Crippen LogP contribution >= 0.6 is 11.3 Å². The molecule has 0 saturated carbocycles. The van der Waals surface area contributed by atoms with Gasteiger partial charge >= 0.3 is 5.97 Å². The number of esters is 1. The Kier molecular flexibility index (Phi) is 10.1. The molecule has 0 aliphatic heterocycles. The van der Waals surface area contributed by atoms with Crippen molar-refractivity contribution in [1.29, 1.82) is 0 Å². The summed E-state index contributed by atoms with van der Waals surface area (Å²) in [5.41, 5.74) is 3.11. The lowest BCUT2D eigenvalue weighted by atomic mass is 10.1. The molecule has 3 heterocycles. The third-order valence-corrected chi connectivity index (χ3v) is 7.15. The molecule has 0 fully saturated rings. The molecule has 0 aliphatic rings. The fourth-order valence-corrected chi connectivity index (χ4v) is 4.99. The molecule has 12 nitrogen and oxygen atoms in total. The lowest BCUT2D eigenvalue weighted by Crippen LogP contribution is -2.49. The highest BCUT2D eigenvalue weighted by Crippen LogP contribution is 2.22. The van der Waals surface area contributed by atoms with Crippen molar-refractivity contribution < 1.29 is 24.2 Å². The zero-order valence-electron chi connectivity index (χ0n) is 23.4. The number of benzene rings is 1. The van der Waals surface area contributed by atoms with Crippen molar-refractivity contribution in [3.05, 3.63) is 82.4 Å². The Labute approximate surface area is 246 Å². The molecule has 1 atom stereocenters. The molecule has 0 aliphatic carbocycles. The van der Waals surface area contributed by atoms with Crippen molar-refractivity contribution in [3.63, 3.8) is 0 Å². The number of amides is 2. The van der Waals surface area contributed by atoms with Crippen LogP contribution in [0.1, 0.15) is 44.2 Å². The van der Waals surface area contributed by atoms with Gasteiger partial charge < -0.3 is 25.8 Å². The number of carbonyl (C=O) groups is 3. The number of thiazole rings is 1. The zero-order valence-corrected chi connectivity index (χ0v) is 24.2. The van der Waals surface area contributed by atoms with Gasteiger partial charge in [0, 0.05) is 36.4 Å². The minimum absolute atomic E-state index is 0.187. The highest BCUT2D eigenvalue weighted by Gasteiger charge is 2.26. The molecule has 4 aromatic rings. The van der Waals surface area contributed by atoms with E-state index in [4.69, 9.17) is 4.74 Å². The van der Waals surface area contributed by atoms with E-state index in [2.05, 4.69) is 35.9 Å². The van der Waals surface area contributed by atoms with Crippen LogP contribution in [0.4, 0.5) is 5.95 Å². The summed E-state index contributed by atoms with van der Waals surface area (Å²) in [4.78, 5) is 55.5. The second kappa shape index (κ2) is 14.1. The Balaban J connectivity index is 1.34. The van der Waals surface area contributed by atoms with Crippen LogP contribution in [0.25, 0.3) is 10.6 Å². The average molecular weight is 590 g/mol. The molecule has 0 bridgehead atoms. The normalized spacial score (nSPS) is 11.4. The van der Waals surface area contributed by atoms with E-state index in [1.54, 1.807) is 62.0 Å². The Morgan fingerprint density at radius 1 is 1.02 bits per heavy atom. The average Bonchev–Trinajstić information content (AvgIpc) is 3.48. The van der Waals surface area contributed by atoms with Crippen molar-refractivity contribution in [2.75, 3.05) is 25.5 Å². The van der Waals surface area contributed by atoms with E-state index >= 15 is 0 Å². The number of nitrogens with zero attached hydrogens (tertiary/aromatic N) is 4. The van der Waals surface area contributed by atoms with Crippen LogP contribution in [0.5, 0.6) is 5.75 Å². The third-order valence-electron chi connectivity index (χ3n) is 6.26. The highest BCUT2D eigenvalue weighted by atomic mass is 32.1. The van der Waals surface area contributed by atoms with E-state index in [1.807, 2.05) is 6.07 Å². The fourth-order valence-electron chi connectivity index (χ4n) is 4.19. The van der Waals surface area contributed by atoms with Crippen LogP contribution in [0.2, 0.25) is 0 Å². The summed E-state index contributed by atoms with van der Waals surface area (Å²) >= 11 is 1.30. The van der Waals surface area contributed by atoms with Gasteiger partial charge in [-0.25, -0.2) is 19.7 Å². The van der Waals surface area contributed by atoms with Gasteiger partial charge in [0.15, 0.2) is 0 Å². The van der Waals surface area contributed by atoms with E-state index in [9.17, 15) is 19.5 Å². The topological polar surface area (TPSA) is 168 Å². The van der Waals surface area contributed by atoms with Gasteiger partial charge in [-0.3, -0.25) is 14.6 Å². The fraction of sp³-hybridized carbons (Fsp3) is 0.276. The van der Waals surface area contributed by atoms with Gasteiger partial charge in [-0.2, -0.15) is 0 Å². The van der Waals surface area contributed by atoms with Crippen LogP contribution in [0.15, 0.2) is 54.2 Å². The maximum absolute atomic E-state index is 13.2. The highest BCUT2D eigenvalue weighted by molar-refractivity contribution is 7.13. The first-order valence-electron chi connectivity index (χ1n) is 13.1. The van der Waals surface area contributed by atoms with Crippen molar-refractivity contribution in [2.45, 2.75) is 32.7 Å². The van der Waals surface area contributed by atoms with Gasteiger partial charge in [0.25, 0.3) is 11.8 Å². The maximum atomic E-state index is 13.2. The molecule has 4 rings (SSSR count). The summed E-state index contributed by atoms with van der Waals surface area (Å²) in [6.45, 7) is 3.74. The van der Waals surface area contributed by atoms with Crippen LogP contribution in [-0.4, -0.2) is 69.1 Å². The maximum Gasteiger partial charge on any atom is 0.330 e. The number of nitrogens with one attached hydrogen (secondary N) is 3. The quantitative estimate of drug-likeness (QED) is 0.142. The Morgan fingerprint density at radius 3 is 2.45 bits per heavy atom. The summed E-state index contributed by atoms with van der Waals surface area (Å²) in [6.07, 6.45) is 4.82. The number of phenols is 1. The molecule has 3 aromatic heterocycles. The molecule has 218 valence electrons. The van der Waals surface area contributed by atoms with Gasteiger partial charge in [-0.05, 0) is 56.5 Å². The number of aryl methyl sites for hydroxylation is 3. The largest absolute Gasteiger partial charge is 0.508 e. The Hall–Kier alpha value is -4.91. The van der Waals surface area contributed by atoms with Crippen molar-refractivity contribution in [1.82, 2.24) is 30.6 Å². The van der Waals surface area contributed by atoms with Gasteiger partial charge in [0.2, 0.25) is 5.95 Å². The van der Waals surface area contributed by atoms with E-state index in [-0.39, 0.29) is 23.6 Å². The standard InChI is InChI=1S/C29H31N7O5S/c1-17-24(18(2)34-29(33-17)31-11-5-7-19-6-4-8-21(37)14-19)26(39)35-22(28(40)41-3)15-32-25(38)23-16-42-27(36-23)20-9-12-30-13-10-20/h4,6,8-10,12-14,16,22,37H,5,7,11,15H2,1-3H3,(H,32,38)(H,35,39)(H,31,33,34)/t22-/m0/s1. The smallest absolute Gasteiger partial charge is 0.330 e. The minimum atomic E-state index is -1.15. The van der Waals surface area contributed by atoms with Gasteiger partial charge in [-0.1, -0.05) is 12.1 Å². The second-order valence-electron chi connectivity index (χ2n) is 9.33. The predicted molar refractivity (Wildman–Crippen MR) is 157 cm³/mol. The number of carbonyl (C=O) groups excluding carboxylic acids is 3. The number of pyridine rings is 1. The number of hydrogen-bond acceptors (Lipinski definition) is 11. The zero-order chi connectivity index (χ0) is 30.1. The van der Waals surface area contributed by atoms with Crippen molar-refractivity contribution in [3.8, 4) is 16.3 Å². The van der Waals surface area contributed by atoms with Crippen molar-refractivity contribution in [2.24, 2.45) is 0 Å². The molecule has 4 N–H and O–H groups in total. The number of rotatable bonds is 12. The summed E-state index contributed by atoms with van der Waals surface area (Å²) in [5.74, 6) is -1.18. The molecule has 13 heteroatoms. The van der Waals surface area contributed by atoms with E-state index in [1.165, 1.54) is 18.4 Å². The van der Waals surface area contributed by atoms with Crippen LogP contribution in [0.3, 0.4) is 0 Å². The summed E-state index contributed by atoms with van der Waals surface area (Å²) in [6, 6.07) is 9.53. The predicted octanol–water partition coefficient (Wildman–Crippen LogP) is 3.06. The number of ether oxygens (including phenoxy) is 1. The summed E-state index contributed by atoms with van der Waals surface area (Å²) in [7, 11) is 1.20. The Bertz CT molecular complexity index is 1540. The monoisotopic (exact) mass is 589 g/mol. The summed E-state index contributed by atoms with van der Waals surface area (Å²) < 4.78 is 4.84. The number of aromatic nitrogens is 4. The molecular formula is C29H31N7O5S. The third kappa shape index (κ3) is 7.85. The number of methoxy groups -OCH3 is 1. The number of hydrogen-bond donors (Lipinski definition) is 4. The SMILES string of the molecule is COC(=O)[C@H](CNC(=O)c1csc(-c2ccncc2)n1)NC(=O)c1c(C)nc(NCCCc2cccc(O)c2)nc1C. The Morgan fingerprint density at radius 2 is 1.76 bits per heavy atom. The summed E-state index contributed by atoms with van der Waals surface area (Å²) in [5, 5.41) is 20.3. The number of phenolic OH excluding ortho intramolecular Hbond substituents is 1. The van der Waals surface area contributed by atoms with Gasteiger partial charge in [0.05, 0.1) is 24.1 Å². The first kappa shape index (κ1) is 30.1. The molecule has 2 amide bonds. The van der Waals surface area contributed by atoms with Gasteiger partial charge in [0.1, 0.15) is 22.5 Å². The van der Waals surface area contributed by atoms with Crippen LogP contribution in [-0.2, 0) is 16.0 Å². The first-order chi connectivity index (χ1) is 20.2. The second-order valence-corrected chi connectivity index (χ2v) is 10.2. The van der Waals surface area contributed by atoms with E-state index in [0.29, 0.717) is 28.9 Å². The first-order valence-corrected chi connectivity index (χ1v) is 14.0. The minimum Gasteiger partial charge on any atom is -0.508 e. The molecular weight excluding hydrogens is 558 g/mol. The lowest BCUT2D eigenvalue weighted by molar-refractivity contribution is -0.142. The molecule has 0 spiro atoms. The molecule has 0 radical (unpaired) electrons. The number of anilines is 1. The lowest BCUT2D eigenvalue weighted by Gasteiger charge is -2.18. The number of aromatic hydroxyl groups is 1. The van der Waals surface area contributed by atoms with Crippen LogP contribution < -0.4 is 16.0 Å². The van der Waals surface area contributed by atoms with Crippen molar-refractivity contribution >= 4 is 35.1 Å². The molecule has 0 saturated heterocycles. The van der Waals surface area contributed by atoms with Crippen LogP contribution in [0, 0.1) is 13.8 Å².